The van der Waals surface area contributed by atoms with E-state index in [9.17, 15) is 31.1 Å². The van der Waals surface area contributed by atoms with Gasteiger partial charge in [-0.1, -0.05) is 35.5 Å². The van der Waals surface area contributed by atoms with Crippen molar-refractivity contribution >= 4 is 5.91 Å². The second kappa shape index (κ2) is 9.43. The van der Waals surface area contributed by atoms with Crippen LogP contribution in [-0.4, -0.2) is 30.8 Å². The van der Waals surface area contributed by atoms with Crippen LogP contribution in [0.1, 0.15) is 46.3 Å². The van der Waals surface area contributed by atoms with Crippen LogP contribution in [0.25, 0.3) is 11.4 Å². The van der Waals surface area contributed by atoms with Gasteiger partial charge in [0.15, 0.2) is 5.69 Å². The van der Waals surface area contributed by atoms with E-state index in [2.05, 4.69) is 25.5 Å². The van der Waals surface area contributed by atoms with Crippen LogP contribution >= 0.6 is 0 Å². The number of aromatic nitrogens is 5. The molecule has 0 radical (unpaired) electrons. The fraction of sp³-hybridized carbons (Fsp3) is 0.227. The molecule has 1 atom stereocenters. The van der Waals surface area contributed by atoms with Crippen LogP contribution in [-0.2, 0) is 18.9 Å². The van der Waals surface area contributed by atoms with Gasteiger partial charge in [0, 0.05) is 17.8 Å². The highest BCUT2D eigenvalue weighted by Gasteiger charge is 2.36. The molecule has 1 aromatic carbocycles. The Bertz CT molecular complexity index is 1360. The molecule has 3 heterocycles. The normalized spacial score (nSPS) is 13.0. The number of nitrogens with one attached hydrogen (secondary N) is 1. The van der Waals surface area contributed by atoms with E-state index in [0.717, 1.165) is 16.9 Å². The summed E-state index contributed by atoms with van der Waals surface area (Å²) in [5.74, 6) is -1.26. The summed E-state index contributed by atoms with van der Waals surface area (Å²) in [6, 6.07) is 10.1. The van der Waals surface area contributed by atoms with Crippen LogP contribution in [0.15, 0.2) is 59.3 Å². The third-order valence-corrected chi connectivity index (χ3v) is 4.95. The van der Waals surface area contributed by atoms with Gasteiger partial charge in [-0.15, -0.1) is 0 Å². The van der Waals surface area contributed by atoms with E-state index in [1.54, 1.807) is 30.3 Å². The molecule has 0 spiro atoms. The Balaban J connectivity index is 1.55. The molecule has 4 aromatic rings. The molecule has 1 unspecified atom stereocenters. The van der Waals surface area contributed by atoms with E-state index >= 15 is 0 Å². The fourth-order valence-electron chi connectivity index (χ4n) is 3.20. The number of alkyl halides is 6. The average Bonchev–Trinajstić information content (AvgIpc) is 3.47. The maximum absolute atomic E-state index is 13.3. The highest BCUT2D eigenvalue weighted by atomic mass is 19.4. The number of carbonyl (C=O) groups is 1. The van der Waals surface area contributed by atoms with E-state index in [1.165, 1.54) is 13.0 Å². The summed E-state index contributed by atoms with van der Waals surface area (Å²) in [5, 5.41) is 9.60. The Morgan fingerprint density at radius 3 is 2.39 bits per heavy atom. The van der Waals surface area contributed by atoms with Gasteiger partial charge < -0.3 is 9.84 Å². The SMILES string of the molecule is CC(NC(=O)c1cc(C(F)(F)F)nn1Cc1ccccc1)c1nc(-c2ccnc(C(F)(F)F)c2)no1. The van der Waals surface area contributed by atoms with Gasteiger partial charge in [0.1, 0.15) is 17.4 Å². The van der Waals surface area contributed by atoms with Gasteiger partial charge in [-0.05, 0) is 24.6 Å². The lowest BCUT2D eigenvalue weighted by Gasteiger charge is -2.11. The first-order valence-electron chi connectivity index (χ1n) is 10.3. The predicted molar refractivity (Wildman–Crippen MR) is 111 cm³/mol. The van der Waals surface area contributed by atoms with E-state index in [-0.39, 0.29) is 29.5 Å². The first-order chi connectivity index (χ1) is 16.9. The Labute approximate surface area is 199 Å². The zero-order valence-electron chi connectivity index (χ0n) is 18.3. The lowest BCUT2D eigenvalue weighted by molar-refractivity contribution is -0.142. The van der Waals surface area contributed by atoms with Crippen molar-refractivity contribution in [3.05, 3.63) is 83.3 Å². The number of hydrogen-bond donors (Lipinski definition) is 1. The van der Waals surface area contributed by atoms with E-state index < -0.39 is 35.7 Å². The molecule has 0 aliphatic rings. The first-order valence-corrected chi connectivity index (χ1v) is 10.3. The van der Waals surface area contributed by atoms with Crippen LogP contribution in [0, 0.1) is 0 Å². The second-order valence-corrected chi connectivity index (χ2v) is 7.63. The van der Waals surface area contributed by atoms with Crippen LogP contribution in [0.4, 0.5) is 26.3 Å². The summed E-state index contributed by atoms with van der Waals surface area (Å²) in [4.78, 5) is 20.1. The summed E-state index contributed by atoms with van der Waals surface area (Å²) < 4.78 is 84.5. The van der Waals surface area contributed by atoms with E-state index in [1.807, 2.05) is 0 Å². The molecule has 0 aliphatic carbocycles. The highest BCUT2D eigenvalue weighted by Crippen LogP contribution is 2.31. The number of pyridine rings is 1. The number of amides is 1. The van der Waals surface area contributed by atoms with Gasteiger partial charge in [-0.2, -0.15) is 36.4 Å². The standard InChI is InChI=1S/C22H16F6N6O2/c1-12(20-31-18(33-36-20)14-7-8-29-16(9-14)21(23,24)25)30-19(35)15-10-17(22(26,27)28)32-34(15)11-13-5-3-2-4-6-13/h2-10,12H,11H2,1H3,(H,30,35). The lowest BCUT2D eigenvalue weighted by Crippen LogP contribution is -2.29. The van der Waals surface area contributed by atoms with Crippen molar-refractivity contribution in [2.24, 2.45) is 0 Å². The summed E-state index contributed by atoms with van der Waals surface area (Å²) in [5.41, 5.74) is -2.16. The quantitative estimate of drug-likeness (QED) is 0.371. The zero-order valence-corrected chi connectivity index (χ0v) is 18.3. The first kappa shape index (κ1) is 24.9. The minimum Gasteiger partial charge on any atom is -0.339 e. The van der Waals surface area contributed by atoms with Crippen molar-refractivity contribution < 1.29 is 35.7 Å². The summed E-state index contributed by atoms with van der Waals surface area (Å²) in [6.45, 7) is 1.33. The molecule has 0 saturated heterocycles. The third-order valence-electron chi connectivity index (χ3n) is 4.95. The molecule has 3 aromatic heterocycles. The molecule has 0 fully saturated rings. The topological polar surface area (TPSA) is 98.7 Å². The number of benzene rings is 1. The predicted octanol–water partition coefficient (Wildman–Crippen LogP) is 4.91. The van der Waals surface area contributed by atoms with Crippen molar-refractivity contribution in [3.8, 4) is 11.4 Å². The third kappa shape index (κ3) is 5.53. The molecule has 4 rings (SSSR count). The zero-order chi connectivity index (χ0) is 26.1. The van der Waals surface area contributed by atoms with E-state index in [4.69, 9.17) is 4.52 Å². The van der Waals surface area contributed by atoms with Gasteiger partial charge in [0.25, 0.3) is 5.91 Å². The van der Waals surface area contributed by atoms with Crippen molar-refractivity contribution in [2.45, 2.75) is 31.9 Å². The van der Waals surface area contributed by atoms with Crippen LogP contribution in [0.2, 0.25) is 0 Å². The van der Waals surface area contributed by atoms with Crippen molar-refractivity contribution in [1.82, 2.24) is 30.2 Å². The molecule has 8 nitrogen and oxygen atoms in total. The van der Waals surface area contributed by atoms with Crippen LogP contribution < -0.4 is 5.32 Å². The Morgan fingerprint density at radius 1 is 1.03 bits per heavy atom. The van der Waals surface area contributed by atoms with Crippen molar-refractivity contribution in [2.75, 3.05) is 0 Å². The van der Waals surface area contributed by atoms with Crippen molar-refractivity contribution in [1.29, 1.82) is 0 Å². The smallest absolute Gasteiger partial charge is 0.339 e. The molecule has 0 saturated carbocycles. The van der Waals surface area contributed by atoms with Gasteiger partial charge in [0.2, 0.25) is 11.7 Å². The lowest BCUT2D eigenvalue weighted by atomic mass is 10.2. The Hall–Kier alpha value is -4.23. The number of rotatable bonds is 6. The minimum absolute atomic E-state index is 0.0263. The molecule has 0 aliphatic heterocycles. The summed E-state index contributed by atoms with van der Waals surface area (Å²) >= 11 is 0. The molecular weight excluding hydrogens is 494 g/mol. The number of nitrogens with zero attached hydrogens (tertiary/aromatic N) is 5. The summed E-state index contributed by atoms with van der Waals surface area (Å²) in [6.07, 6.45) is -8.52. The monoisotopic (exact) mass is 510 g/mol. The minimum atomic E-state index is -4.77. The molecule has 1 N–H and O–H groups in total. The molecule has 0 bridgehead atoms. The van der Waals surface area contributed by atoms with Crippen molar-refractivity contribution in [3.63, 3.8) is 0 Å². The van der Waals surface area contributed by atoms with Gasteiger partial charge in [0.05, 0.1) is 6.54 Å². The van der Waals surface area contributed by atoms with E-state index in [0.29, 0.717) is 11.6 Å². The van der Waals surface area contributed by atoms with Gasteiger partial charge in [-0.3, -0.25) is 14.5 Å². The van der Waals surface area contributed by atoms with Gasteiger partial charge in [-0.25, -0.2) is 0 Å². The second-order valence-electron chi connectivity index (χ2n) is 7.63. The molecule has 1 amide bonds. The van der Waals surface area contributed by atoms with Gasteiger partial charge >= 0.3 is 12.4 Å². The fourth-order valence-corrected chi connectivity index (χ4v) is 3.20. The number of hydrogen-bond acceptors (Lipinski definition) is 6. The molecule has 188 valence electrons. The molecular formula is C22H16F6N6O2. The Kier molecular flexibility index (Phi) is 6.52. The number of carbonyl (C=O) groups excluding carboxylic acids is 1. The van der Waals surface area contributed by atoms with Crippen LogP contribution in [0.5, 0.6) is 0 Å². The molecule has 14 heteroatoms. The maximum atomic E-state index is 13.3. The summed E-state index contributed by atoms with van der Waals surface area (Å²) in [7, 11) is 0. The maximum Gasteiger partial charge on any atom is 0.435 e. The molecule has 36 heavy (non-hydrogen) atoms. The number of halogens is 6. The largest absolute Gasteiger partial charge is 0.435 e. The average molecular weight is 510 g/mol. The van der Waals surface area contributed by atoms with Crippen LogP contribution in [0.3, 0.4) is 0 Å². The Morgan fingerprint density at radius 2 is 1.72 bits per heavy atom. The highest BCUT2D eigenvalue weighted by molar-refractivity contribution is 5.93.